The van der Waals surface area contributed by atoms with E-state index in [1.54, 1.807) is 30.3 Å². The summed E-state index contributed by atoms with van der Waals surface area (Å²) in [4.78, 5) is 9.35. The van der Waals surface area contributed by atoms with Gasteiger partial charge in [0.1, 0.15) is 17.1 Å². The van der Waals surface area contributed by atoms with Gasteiger partial charge in [0.2, 0.25) is 0 Å². The van der Waals surface area contributed by atoms with Crippen LogP contribution in [0.5, 0.6) is 5.75 Å². The Bertz CT molecular complexity index is 2310. The van der Waals surface area contributed by atoms with E-state index in [9.17, 15) is 21.7 Å². The van der Waals surface area contributed by atoms with E-state index in [0.717, 1.165) is 11.1 Å². The number of fused-ring (bicyclic) bond motifs is 2. The molecule has 0 aliphatic heterocycles. The van der Waals surface area contributed by atoms with Crippen LogP contribution in [0, 0.1) is 0 Å². The Morgan fingerprint density at radius 2 is 1.24 bits per heavy atom. The summed E-state index contributed by atoms with van der Waals surface area (Å²) in [6, 6.07) is 31.9. The second kappa shape index (κ2) is 11.4. The van der Waals surface area contributed by atoms with Crippen molar-refractivity contribution in [2.45, 2.75) is 18.0 Å². The highest BCUT2D eigenvalue weighted by molar-refractivity contribution is 7.85. The summed E-state index contributed by atoms with van der Waals surface area (Å²) >= 11 is -2.74. The van der Waals surface area contributed by atoms with Crippen LogP contribution in [-0.2, 0) is 34.6 Å². The van der Waals surface area contributed by atoms with Crippen molar-refractivity contribution in [3.63, 3.8) is 0 Å². The number of rotatable bonds is 9. The summed E-state index contributed by atoms with van der Waals surface area (Å²) in [7, 11) is -4.44. The molecule has 11 nitrogen and oxygen atoms in total. The normalized spacial score (nSPS) is 12.6. The Kier molecular flexibility index (Phi) is 7.30. The molecule has 0 aliphatic rings. The van der Waals surface area contributed by atoms with E-state index in [0.29, 0.717) is 58.3 Å². The summed E-state index contributed by atoms with van der Waals surface area (Å²) in [5, 5.41) is 0. The van der Waals surface area contributed by atoms with Crippen LogP contribution in [0.25, 0.3) is 45.2 Å². The van der Waals surface area contributed by atoms with Crippen molar-refractivity contribution >= 4 is 43.5 Å². The molecule has 226 valence electrons. The number of furan rings is 1. The van der Waals surface area contributed by atoms with Crippen molar-refractivity contribution in [3.05, 3.63) is 120 Å². The van der Waals surface area contributed by atoms with Crippen LogP contribution >= 0.6 is 0 Å². The first-order valence-electron chi connectivity index (χ1n) is 13.7. The second-order valence-electron chi connectivity index (χ2n) is 10.2. The third-order valence-electron chi connectivity index (χ3n) is 7.32. The molecule has 0 bridgehead atoms. The van der Waals surface area contributed by atoms with Crippen molar-refractivity contribution in [1.29, 1.82) is 0 Å². The SMILES string of the molecule is O=S([O-])Oc1ccc2nc(-c3ccc(-c4nc5ccc(S(=O)(=O)O)cc5n4Cc4ccccc4)o3)n(Cc3ccccc3)c2c1. The quantitative estimate of drug-likeness (QED) is 0.152. The Hall–Kier alpha value is -5.08. The van der Waals surface area contributed by atoms with Crippen LogP contribution in [0.15, 0.2) is 119 Å². The fourth-order valence-electron chi connectivity index (χ4n) is 5.30. The first kappa shape index (κ1) is 28.7. The van der Waals surface area contributed by atoms with E-state index < -0.39 is 21.5 Å². The van der Waals surface area contributed by atoms with E-state index in [4.69, 9.17) is 18.6 Å². The van der Waals surface area contributed by atoms with Crippen molar-refractivity contribution in [1.82, 2.24) is 19.1 Å². The molecule has 3 heterocycles. The highest BCUT2D eigenvalue weighted by atomic mass is 32.2. The largest absolute Gasteiger partial charge is 0.740 e. The van der Waals surface area contributed by atoms with Gasteiger partial charge in [0.05, 0.1) is 27.0 Å². The van der Waals surface area contributed by atoms with Crippen molar-refractivity contribution in [2.75, 3.05) is 0 Å². The predicted molar refractivity (Wildman–Crippen MR) is 167 cm³/mol. The van der Waals surface area contributed by atoms with Crippen LogP contribution in [0.2, 0.25) is 0 Å². The molecule has 1 atom stereocenters. The maximum Gasteiger partial charge on any atom is 0.294 e. The maximum atomic E-state index is 12.0. The zero-order chi connectivity index (χ0) is 31.1. The number of aromatic nitrogens is 4. The highest BCUT2D eigenvalue weighted by Crippen LogP contribution is 2.34. The van der Waals surface area contributed by atoms with Gasteiger partial charge in [-0.1, -0.05) is 60.7 Å². The lowest BCUT2D eigenvalue weighted by Crippen LogP contribution is -2.03. The summed E-state index contributed by atoms with van der Waals surface area (Å²) in [5.41, 5.74) is 4.21. The molecule has 0 fully saturated rings. The fraction of sp³-hybridized carbons (Fsp3) is 0.0625. The molecule has 4 aromatic carbocycles. The number of hydrogen-bond donors (Lipinski definition) is 1. The predicted octanol–water partition coefficient (Wildman–Crippen LogP) is 5.83. The number of nitrogens with zero attached hydrogens (tertiary/aromatic N) is 4. The van der Waals surface area contributed by atoms with Gasteiger partial charge >= 0.3 is 0 Å². The Morgan fingerprint density at radius 3 is 1.76 bits per heavy atom. The zero-order valence-electron chi connectivity index (χ0n) is 23.3. The van der Waals surface area contributed by atoms with Crippen molar-refractivity contribution in [3.8, 4) is 28.9 Å². The molecule has 0 saturated carbocycles. The van der Waals surface area contributed by atoms with Gasteiger partial charge in [-0.2, -0.15) is 8.42 Å². The fourth-order valence-corrected chi connectivity index (χ4v) is 6.06. The second-order valence-corrected chi connectivity index (χ2v) is 12.2. The van der Waals surface area contributed by atoms with Crippen LogP contribution in [0.4, 0.5) is 0 Å². The summed E-state index contributed by atoms with van der Waals surface area (Å²) in [6.07, 6.45) is 0. The van der Waals surface area contributed by atoms with Gasteiger partial charge in [-0.25, -0.2) is 14.2 Å². The topological polar surface area (TPSA) is 153 Å². The molecule has 1 N–H and O–H groups in total. The van der Waals surface area contributed by atoms with Crippen molar-refractivity contribution in [2.24, 2.45) is 0 Å². The Morgan fingerprint density at radius 1 is 0.733 bits per heavy atom. The molecule has 3 aromatic heterocycles. The lowest BCUT2D eigenvalue weighted by atomic mass is 10.2. The van der Waals surface area contributed by atoms with E-state index in [1.807, 2.05) is 69.8 Å². The number of benzene rings is 4. The third kappa shape index (κ3) is 5.77. The molecular weight excluding hydrogens is 617 g/mol. The van der Waals surface area contributed by atoms with E-state index in [2.05, 4.69) is 0 Å². The number of imidazole rings is 2. The standard InChI is InChI=1S/C32H24N4O7S2/c37-44(38)43-23-11-13-25-27(17-23)35(19-21-7-3-1-4-8-21)31(33-25)29-15-16-30(42-29)32-34-26-14-12-24(45(39,40)41)18-28(26)36(32)20-22-9-5-2-6-10-22/h1-18H,19-20H2,(H,37,38)(H,39,40,41)/p-1. The summed E-state index contributed by atoms with van der Waals surface area (Å²) < 4.78 is 71.1. The average Bonchev–Trinajstić information content (AvgIpc) is 3.73. The number of hydrogen-bond acceptors (Lipinski definition) is 8. The van der Waals surface area contributed by atoms with Gasteiger partial charge in [-0.3, -0.25) is 4.55 Å². The molecule has 1 unspecified atom stereocenters. The molecule has 0 saturated heterocycles. The minimum atomic E-state index is -4.44. The first-order valence-corrected chi connectivity index (χ1v) is 16.1. The van der Waals surface area contributed by atoms with Crippen molar-refractivity contribution < 1.29 is 30.3 Å². The van der Waals surface area contributed by atoms with E-state index in [-0.39, 0.29) is 10.6 Å². The maximum absolute atomic E-state index is 12.0. The molecule has 7 rings (SSSR count). The highest BCUT2D eigenvalue weighted by Gasteiger charge is 2.22. The first-order chi connectivity index (χ1) is 21.7. The van der Waals surface area contributed by atoms with Gasteiger partial charge in [0.25, 0.3) is 10.1 Å². The molecule has 0 amide bonds. The summed E-state index contributed by atoms with van der Waals surface area (Å²) in [6.45, 7) is 0.769. The van der Waals surface area contributed by atoms with Crippen LogP contribution in [0.3, 0.4) is 0 Å². The Balaban J connectivity index is 1.37. The van der Waals surface area contributed by atoms with E-state index >= 15 is 0 Å². The summed E-state index contributed by atoms with van der Waals surface area (Å²) in [5.74, 6) is 1.95. The molecule has 0 aliphatic carbocycles. The minimum absolute atomic E-state index is 0.149. The third-order valence-corrected chi connectivity index (χ3v) is 8.49. The lowest BCUT2D eigenvalue weighted by molar-refractivity contribution is 0.440. The molecular formula is C32H23N4O7S2-. The molecule has 0 spiro atoms. The average molecular weight is 640 g/mol. The van der Waals surface area contributed by atoms with E-state index in [1.165, 1.54) is 18.2 Å². The Labute approximate surface area is 259 Å². The molecule has 13 heteroatoms. The zero-order valence-corrected chi connectivity index (χ0v) is 24.9. The smallest absolute Gasteiger partial charge is 0.294 e. The minimum Gasteiger partial charge on any atom is -0.740 e. The van der Waals surface area contributed by atoms with Crippen LogP contribution in [-0.4, -0.2) is 40.8 Å². The lowest BCUT2D eigenvalue weighted by Gasteiger charge is -2.10. The van der Waals surface area contributed by atoms with Gasteiger partial charge in [0, 0.05) is 19.2 Å². The monoisotopic (exact) mass is 639 g/mol. The molecule has 0 radical (unpaired) electrons. The van der Waals surface area contributed by atoms with Crippen LogP contribution in [0.1, 0.15) is 11.1 Å². The van der Waals surface area contributed by atoms with Gasteiger partial charge in [0.15, 0.2) is 23.2 Å². The molecule has 45 heavy (non-hydrogen) atoms. The van der Waals surface area contributed by atoms with Gasteiger partial charge in [-0.05, 0) is 53.6 Å². The van der Waals surface area contributed by atoms with Gasteiger partial charge < -0.3 is 22.3 Å². The molecule has 7 aromatic rings. The van der Waals surface area contributed by atoms with Gasteiger partial charge in [-0.15, -0.1) is 0 Å². The van der Waals surface area contributed by atoms with Crippen LogP contribution < -0.4 is 4.18 Å².